The van der Waals surface area contributed by atoms with E-state index in [4.69, 9.17) is 14.2 Å². The molecule has 8 atom stereocenters. The summed E-state index contributed by atoms with van der Waals surface area (Å²) in [6, 6.07) is 0. The van der Waals surface area contributed by atoms with E-state index < -0.39 is 5.60 Å². The average Bonchev–Trinajstić information content (AvgIpc) is 3.02. The van der Waals surface area contributed by atoms with Crippen LogP contribution >= 0.6 is 0 Å². The molecule has 146 valence electrons. The van der Waals surface area contributed by atoms with Gasteiger partial charge in [0.15, 0.2) is 0 Å². The molecular formula is C22H34O4. The van der Waals surface area contributed by atoms with Gasteiger partial charge in [0, 0.05) is 18.8 Å². The zero-order chi connectivity index (χ0) is 18.9. The normalized spacial score (nSPS) is 50.0. The zero-order valence-electron chi connectivity index (χ0n) is 17.1. The molecule has 26 heavy (non-hydrogen) atoms. The van der Waals surface area contributed by atoms with E-state index in [2.05, 4.69) is 40.7 Å². The Balaban J connectivity index is 1.78. The maximum atomic E-state index is 11.9. The van der Waals surface area contributed by atoms with Gasteiger partial charge in [0.2, 0.25) is 0 Å². The number of fused-ring (bicyclic) bond motifs is 7. The summed E-state index contributed by atoms with van der Waals surface area (Å²) >= 11 is 0. The van der Waals surface area contributed by atoms with Crippen LogP contribution in [0.25, 0.3) is 0 Å². The molecular weight excluding hydrogens is 328 g/mol. The third-order valence-electron chi connectivity index (χ3n) is 7.60. The Kier molecular flexibility index (Phi) is 4.31. The Morgan fingerprint density at radius 1 is 1.35 bits per heavy atom. The highest BCUT2D eigenvalue weighted by Crippen LogP contribution is 2.64. The fourth-order valence-electron chi connectivity index (χ4n) is 6.32. The molecule has 3 heterocycles. The number of hydrogen-bond acceptors (Lipinski definition) is 4. The van der Waals surface area contributed by atoms with E-state index in [1.807, 2.05) is 0 Å². The van der Waals surface area contributed by atoms with Crippen molar-refractivity contribution in [3.05, 3.63) is 11.6 Å². The van der Waals surface area contributed by atoms with Gasteiger partial charge < -0.3 is 14.2 Å². The van der Waals surface area contributed by atoms with Gasteiger partial charge in [0.05, 0.1) is 17.8 Å². The molecule has 4 aliphatic rings. The summed E-state index contributed by atoms with van der Waals surface area (Å²) in [5, 5.41) is 0. The van der Waals surface area contributed by atoms with E-state index in [9.17, 15) is 4.79 Å². The second-order valence-corrected chi connectivity index (χ2v) is 9.83. The first-order valence-corrected chi connectivity index (χ1v) is 10.3. The van der Waals surface area contributed by atoms with Crippen molar-refractivity contribution in [2.45, 2.75) is 96.7 Å². The second kappa shape index (κ2) is 6.07. The largest absolute Gasteiger partial charge is 0.457 e. The van der Waals surface area contributed by atoms with Crippen molar-refractivity contribution in [3.63, 3.8) is 0 Å². The van der Waals surface area contributed by atoms with Gasteiger partial charge in [-0.15, -0.1) is 0 Å². The molecule has 0 aromatic rings. The average molecular weight is 363 g/mol. The van der Waals surface area contributed by atoms with Crippen LogP contribution in [-0.2, 0) is 19.0 Å². The smallest absolute Gasteiger partial charge is 0.303 e. The van der Waals surface area contributed by atoms with Gasteiger partial charge in [-0.2, -0.15) is 0 Å². The molecule has 2 saturated heterocycles. The number of allylic oxidation sites excluding steroid dienone is 1. The number of esters is 1. The van der Waals surface area contributed by atoms with E-state index in [0.717, 1.165) is 25.7 Å². The first kappa shape index (κ1) is 18.5. The van der Waals surface area contributed by atoms with Crippen LogP contribution in [0.4, 0.5) is 0 Å². The van der Waals surface area contributed by atoms with Gasteiger partial charge in [-0.25, -0.2) is 0 Å². The third-order valence-corrected chi connectivity index (χ3v) is 7.60. The summed E-state index contributed by atoms with van der Waals surface area (Å²) in [6.45, 7) is 12.7. The number of ether oxygens (including phenoxy) is 3. The number of carbonyl (C=O) groups is 1. The molecule has 0 N–H and O–H groups in total. The molecule has 0 unspecified atom stereocenters. The first-order valence-electron chi connectivity index (χ1n) is 10.3. The van der Waals surface area contributed by atoms with Crippen molar-refractivity contribution in [2.24, 2.45) is 23.7 Å². The van der Waals surface area contributed by atoms with E-state index in [-0.39, 0.29) is 23.8 Å². The third kappa shape index (κ3) is 2.75. The van der Waals surface area contributed by atoms with Crippen LogP contribution in [0.1, 0.15) is 67.2 Å². The van der Waals surface area contributed by atoms with Crippen molar-refractivity contribution in [2.75, 3.05) is 0 Å². The molecule has 2 bridgehead atoms. The highest BCUT2D eigenvalue weighted by Gasteiger charge is 2.72. The Bertz CT molecular complexity index is 626. The van der Waals surface area contributed by atoms with Gasteiger partial charge >= 0.3 is 5.97 Å². The highest BCUT2D eigenvalue weighted by molar-refractivity contribution is 5.66. The summed E-state index contributed by atoms with van der Waals surface area (Å²) in [4.78, 5) is 11.9. The van der Waals surface area contributed by atoms with E-state index in [1.165, 1.54) is 12.5 Å². The minimum absolute atomic E-state index is 0.0462. The molecule has 3 fully saturated rings. The van der Waals surface area contributed by atoms with Crippen LogP contribution in [0.5, 0.6) is 0 Å². The quantitative estimate of drug-likeness (QED) is 0.418. The molecule has 3 aliphatic heterocycles. The van der Waals surface area contributed by atoms with Gasteiger partial charge in [-0.05, 0) is 58.3 Å². The lowest BCUT2D eigenvalue weighted by Gasteiger charge is -2.44. The maximum Gasteiger partial charge on any atom is 0.303 e. The van der Waals surface area contributed by atoms with E-state index >= 15 is 0 Å². The topological polar surface area (TPSA) is 48.1 Å². The van der Waals surface area contributed by atoms with Crippen LogP contribution in [0, 0.1) is 23.7 Å². The number of carbonyl (C=O) groups excluding carboxylic acids is 1. The summed E-state index contributed by atoms with van der Waals surface area (Å²) in [5.41, 5.74) is 0.746. The van der Waals surface area contributed by atoms with Gasteiger partial charge in [0.25, 0.3) is 0 Å². The summed E-state index contributed by atoms with van der Waals surface area (Å²) in [6.07, 6.45) is 6.60. The number of rotatable bonds is 2. The Hall–Kier alpha value is -0.870. The fourth-order valence-corrected chi connectivity index (χ4v) is 6.32. The van der Waals surface area contributed by atoms with Crippen LogP contribution in [-0.4, -0.2) is 35.5 Å². The number of epoxide rings is 1. The van der Waals surface area contributed by atoms with Crippen molar-refractivity contribution in [1.82, 2.24) is 0 Å². The molecule has 4 heteroatoms. The predicted molar refractivity (Wildman–Crippen MR) is 99.6 cm³/mol. The van der Waals surface area contributed by atoms with Crippen LogP contribution in [0.2, 0.25) is 0 Å². The fraction of sp³-hybridized carbons (Fsp3) is 0.864. The van der Waals surface area contributed by atoms with Crippen molar-refractivity contribution in [1.29, 1.82) is 0 Å². The minimum Gasteiger partial charge on any atom is -0.457 e. The molecule has 1 aliphatic carbocycles. The first-order chi connectivity index (χ1) is 12.2. The molecule has 0 radical (unpaired) electrons. The molecule has 4 nitrogen and oxygen atoms in total. The molecule has 4 rings (SSSR count). The van der Waals surface area contributed by atoms with Crippen molar-refractivity contribution in [3.8, 4) is 0 Å². The van der Waals surface area contributed by atoms with Gasteiger partial charge in [-0.3, -0.25) is 4.79 Å². The Labute approximate surface area is 157 Å². The summed E-state index contributed by atoms with van der Waals surface area (Å²) in [7, 11) is 0. The molecule has 0 aromatic carbocycles. The SMILES string of the molecule is CC(=O)O[C@]1(C)CCC=C(C)C[C@H]2O[C@@H]1[C@H]1[C@@H]2[C@@]2(C)O[C@H]2C[C@@H]1C(C)C. The molecule has 1 saturated carbocycles. The molecule has 0 spiro atoms. The lowest BCUT2D eigenvalue weighted by molar-refractivity contribution is -0.178. The lowest BCUT2D eigenvalue weighted by atomic mass is 9.59. The minimum atomic E-state index is -0.574. The van der Waals surface area contributed by atoms with Gasteiger partial charge in [0.1, 0.15) is 11.7 Å². The number of hydrogen-bond donors (Lipinski definition) is 0. The van der Waals surface area contributed by atoms with Crippen LogP contribution < -0.4 is 0 Å². The Morgan fingerprint density at radius 3 is 2.73 bits per heavy atom. The summed E-state index contributed by atoms with van der Waals surface area (Å²) in [5.74, 6) is 1.69. The van der Waals surface area contributed by atoms with Crippen LogP contribution in [0.3, 0.4) is 0 Å². The highest BCUT2D eigenvalue weighted by atomic mass is 16.6. The maximum absolute atomic E-state index is 11.9. The van der Waals surface area contributed by atoms with Crippen molar-refractivity contribution >= 4 is 5.97 Å². The second-order valence-electron chi connectivity index (χ2n) is 9.83. The monoisotopic (exact) mass is 362 g/mol. The van der Waals surface area contributed by atoms with Crippen LogP contribution in [0.15, 0.2) is 11.6 Å². The van der Waals surface area contributed by atoms with E-state index in [0.29, 0.717) is 29.8 Å². The Morgan fingerprint density at radius 2 is 2.08 bits per heavy atom. The molecule has 0 amide bonds. The van der Waals surface area contributed by atoms with Gasteiger partial charge in [-0.1, -0.05) is 25.5 Å². The van der Waals surface area contributed by atoms with Crippen molar-refractivity contribution < 1.29 is 19.0 Å². The zero-order valence-corrected chi connectivity index (χ0v) is 17.1. The molecule has 0 aromatic heterocycles. The lowest BCUT2D eigenvalue weighted by Crippen LogP contribution is -2.52. The summed E-state index contributed by atoms with van der Waals surface area (Å²) < 4.78 is 19.0. The standard InChI is InChI=1S/C22H34O4/c1-12(2)15-11-17-22(6,26-17)19-16-10-13(3)8-7-9-21(5,25-14(4)23)20(24-16)18(15)19/h8,12,15-20H,7,9-11H2,1-6H3/t15-,16-,17+,18-,19-,20-,21-,22+/m1/s1. The predicted octanol–water partition coefficient (Wildman–Crippen LogP) is 4.27. The van der Waals surface area contributed by atoms with E-state index in [1.54, 1.807) is 0 Å².